The van der Waals surface area contributed by atoms with E-state index in [0.717, 1.165) is 18.6 Å². The Hall–Kier alpha value is -0.870. The van der Waals surface area contributed by atoms with Crippen molar-refractivity contribution in [2.45, 2.75) is 12.8 Å². The third-order valence-electron chi connectivity index (χ3n) is 2.26. The molecule has 0 aromatic heterocycles. The number of nitrogens with one attached hydrogen (secondary N) is 1. The van der Waals surface area contributed by atoms with E-state index in [9.17, 15) is 9.90 Å². The summed E-state index contributed by atoms with van der Waals surface area (Å²) in [6, 6.07) is 4.34. The van der Waals surface area contributed by atoms with Gasteiger partial charge in [-0.2, -0.15) is 11.8 Å². The maximum absolute atomic E-state index is 11.7. The number of carbonyl (C=O) groups is 1. The summed E-state index contributed by atoms with van der Waals surface area (Å²) in [6.07, 6.45) is 4.09. The number of phenols is 1. The molecule has 0 unspecified atom stereocenters. The summed E-state index contributed by atoms with van der Waals surface area (Å²) >= 11 is 7.67. The largest absolute Gasteiger partial charge is 0.508 e. The smallest absolute Gasteiger partial charge is 0.252 e. The second-order valence-corrected chi connectivity index (χ2v) is 5.01. The molecule has 0 saturated heterocycles. The van der Waals surface area contributed by atoms with Crippen LogP contribution in [0.3, 0.4) is 0 Å². The van der Waals surface area contributed by atoms with E-state index in [4.69, 9.17) is 11.6 Å². The Morgan fingerprint density at radius 2 is 2.24 bits per heavy atom. The van der Waals surface area contributed by atoms with Crippen LogP contribution in [-0.4, -0.2) is 29.6 Å². The van der Waals surface area contributed by atoms with Crippen LogP contribution in [0.4, 0.5) is 0 Å². The fraction of sp³-hybridized carbons (Fsp3) is 0.417. The van der Waals surface area contributed by atoms with E-state index in [0.29, 0.717) is 17.1 Å². The molecule has 5 heteroatoms. The van der Waals surface area contributed by atoms with Gasteiger partial charge in [0.15, 0.2) is 0 Å². The summed E-state index contributed by atoms with van der Waals surface area (Å²) in [6.45, 7) is 0.630. The van der Waals surface area contributed by atoms with Crippen LogP contribution >= 0.6 is 23.4 Å². The predicted molar refractivity (Wildman–Crippen MR) is 73.1 cm³/mol. The number of unbranched alkanes of at least 4 members (excludes halogenated alkanes) is 1. The number of phenolic OH excluding ortho intramolecular Hbond substituents is 1. The van der Waals surface area contributed by atoms with Crippen molar-refractivity contribution < 1.29 is 9.90 Å². The van der Waals surface area contributed by atoms with Gasteiger partial charge in [0, 0.05) is 6.54 Å². The van der Waals surface area contributed by atoms with E-state index in [1.165, 1.54) is 18.2 Å². The van der Waals surface area contributed by atoms with Crippen molar-refractivity contribution in [2.75, 3.05) is 18.6 Å². The van der Waals surface area contributed by atoms with Crippen molar-refractivity contribution in [1.29, 1.82) is 0 Å². The molecule has 2 N–H and O–H groups in total. The second kappa shape index (κ2) is 7.45. The Balaban J connectivity index is 2.44. The maximum Gasteiger partial charge on any atom is 0.252 e. The van der Waals surface area contributed by atoms with Gasteiger partial charge in [0.2, 0.25) is 0 Å². The van der Waals surface area contributed by atoms with Crippen molar-refractivity contribution in [3.8, 4) is 5.75 Å². The molecule has 1 aromatic rings. The maximum atomic E-state index is 11.7. The van der Waals surface area contributed by atoms with Gasteiger partial charge < -0.3 is 10.4 Å². The number of carbonyl (C=O) groups excluding carboxylic acids is 1. The van der Waals surface area contributed by atoms with Gasteiger partial charge in [0.25, 0.3) is 5.91 Å². The van der Waals surface area contributed by atoms with E-state index in [1.807, 2.05) is 0 Å². The van der Waals surface area contributed by atoms with Crippen LogP contribution in [0.15, 0.2) is 18.2 Å². The zero-order valence-corrected chi connectivity index (χ0v) is 11.3. The van der Waals surface area contributed by atoms with Crippen molar-refractivity contribution in [3.05, 3.63) is 28.8 Å². The lowest BCUT2D eigenvalue weighted by Crippen LogP contribution is -2.24. The molecule has 0 bridgehead atoms. The third-order valence-corrected chi connectivity index (χ3v) is 3.28. The van der Waals surface area contributed by atoms with Crippen LogP contribution in [0.1, 0.15) is 23.2 Å². The lowest BCUT2D eigenvalue weighted by atomic mass is 10.2. The molecule has 1 amide bonds. The average Bonchev–Trinajstić information content (AvgIpc) is 2.32. The van der Waals surface area contributed by atoms with Gasteiger partial charge in [0.1, 0.15) is 5.75 Å². The molecule has 3 nitrogen and oxygen atoms in total. The highest BCUT2D eigenvalue weighted by atomic mass is 35.5. The minimum Gasteiger partial charge on any atom is -0.508 e. The molecular weight excluding hydrogens is 258 g/mol. The van der Waals surface area contributed by atoms with Crippen molar-refractivity contribution in [2.24, 2.45) is 0 Å². The van der Waals surface area contributed by atoms with Gasteiger partial charge in [-0.3, -0.25) is 4.79 Å². The summed E-state index contributed by atoms with van der Waals surface area (Å²) in [5, 5.41) is 12.4. The van der Waals surface area contributed by atoms with Crippen molar-refractivity contribution in [1.82, 2.24) is 5.32 Å². The van der Waals surface area contributed by atoms with Crippen LogP contribution in [0.2, 0.25) is 5.02 Å². The minimum atomic E-state index is -0.241. The molecule has 0 spiro atoms. The monoisotopic (exact) mass is 273 g/mol. The fourth-order valence-electron chi connectivity index (χ4n) is 1.36. The van der Waals surface area contributed by atoms with Crippen LogP contribution in [0, 0.1) is 0 Å². The number of halogens is 1. The molecule has 0 aliphatic carbocycles. The second-order valence-electron chi connectivity index (χ2n) is 3.62. The number of aromatic hydroxyl groups is 1. The summed E-state index contributed by atoms with van der Waals surface area (Å²) in [5.41, 5.74) is 0.316. The molecule has 0 aliphatic rings. The van der Waals surface area contributed by atoms with E-state index in [2.05, 4.69) is 11.6 Å². The van der Waals surface area contributed by atoms with E-state index >= 15 is 0 Å². The van der Waals surface area contributed by atoms with Gasteiger partial charge in [-0.1, -0.05) is 11.6 Å². The standard InChI is InChI=1S/C12H16ClNO2S/c1-17-7-3-2-6-14-12(16)10-8-9(15)4-5-11(10)13/h4-5,8,15H,2-3,6-7H2,1H3,(H,14,16). The first kappa shape index (κ1) is 14.2. The number of benzene rings is 1. The number of thioether (sulfide) groups is 1. The zero-order valence-electron chi connectivity index (χ0n) is 9.70. The Labute approximate surface area is 111 Å². The molecular formula is C12H16ClNO2S. The normalized spacial score (nSPS) is 10.2. The Bertz CT molecular complexity index is 385. The van der Waals surface area contributed by atoms with Gasteiger partial charge >= 0.3 is 0 Å². The first-order chi connectivity index (χ1) is 8.15. The van der Waals surface area contributed by atoms with Crippen LogP contribution in [0.25, 0.3) is 0 Å². The highest BCUT2D eigenvalue weighted by Crippen LogP contribution is 2.20. The van der Waals surface area contributed by atoms with Crippen LogP contribution < -0.4 is 5.32 Å². The molecule has 0 radical (unpaired) electrons. The lowest BCUT2D eigenvalue weighted by molar-refractivity contribution is 0.0953. The molecule has 0 atom stereocenters. The molecule has 0 heterocycles. The van der Waals surface area contributed by atoms with Gasteiger partial charge in [-0.15, -0.1) is 0 Å². The Kier molecular flexibility index (Phi) is 6.22. The minimum absolute atomic E-state index is 0.0435. The first-order valence-corrected chi connectivity index (χ1v) is 7.18. The molecule has 0 fully saturated rings. The average molecular weight is 274 g/mol. The van der Waals surface area contributed by atoms with Crippen LogP contribution in [-0.2, 0) is 0 Å². The summed E-state index contributed by atoms with van der Waals surface area (Å²) in [7, 11) is 0. The van der Waals surface area contributed by atoms with E-state index in [-0.39, 0.29) is 11.7 Å². The number of amides is 1. The quantitative estimate of drug-likeness (QED) is 0.784. The molecule has 0 saturated carbocycles. The number of hydrogen-bond acceptors (Lipinski definition) is 3. The number of rotatable bonds is 6. The zero-order chi connectivity index (χ0) is 12.7. The summed E-state index contributed by atoms with van der Waals surface area (Å²) < 4.78 is 0. The van der Waals surface area contributed by atoms with E-state index in [1.54, 1.807) is 11.8 Å². The lowest BCUT2D eigenvalue weighted by Gasteiger charge is -2.06. The van der Waals surface area contributed by atoms with Gasteiger partial charge in [-0.05, 0) is 43.0 Å². The van der Waals surface area contributed by atoms with Gasteiger partial charge in [-0.25, -0.2) is 0 Å². The SMILES string of the molecule is CSCCCCNC(=O)c1cc(O)ccc1Cl. The van der Waals surface area contributed by atoms with Crippen molar-refractivity contribution in [3.63, 3.8) is 0 Å². The molecule has 1 rings (SSSR count). The molecule has 94 valence electrons. The Morgan fingerprint density at radius 3 is 2.94 bits per heavy atom. The summed E-state index contributed by atoms with van der Waals surface area (Å²) in [5.74, 6) is 0.903. The highest BCUT2D eigenvalue weighted by Gasteiger charge is 2.10. The predicted octanol–water partition coefficient (Wildman–Crippen LogP) is 2.92. The fourth-order valence-corrected chi connectivity index (χ4v) is 2.05. The highest BCUT2D eigenvalue weighted by molar-refractivity contribution is 7.98. The summed E-state index contributed by atoms with van der Waals surface area (Å²) in [4.78, 5) is 11.7. The topological polar surface area (TPSA) is 49.3 Å². The molecule has 17 heavy (non-hydrogen) atoms. The number of hydrogen-bond donors (Lipinski definition) is 2. The molecule has 1 aromatic carbocycles. The Morgan fingerprint density at radius 1 is 1.47 bits per heavy atom. The van der Waals surface area contributed by atoms with E-state index < -0.39 is 0 Å². The third kappa shape index (κ3) is 4.88. The van der Waals surface area contributed by atoms with Crippen LogP contribution in [0.5, 0.6) is 5.75 Å². The van der Waals surface area contributed by atoms with Gasteiger partial charge in [0.05, 0.1) is 10.6 Å². The first-order valence-electron chi connectivity index (χ1n) is 5.41. The van der Waals surface area contributed by atoms with Crippen molar-refractivity contribution >= 4 is 29.3 Å². The molecule has 0 aliphatic heterocycles.